The third-order valence-electron chi connectivity index (χ3n) is 6.14. The number of hydrogen-bond donors (Lipinski definition) is 1. The Bertz CT molecular complexity index is 1080. The third-order valence-corrected chi connectivity index (χ3v) is 6.39. The summed E-state index contributed by atoms with van der Waals surface area (Å²) in [5, 5.41) is 3.74. The van der Waals surface area contributed by atoms with Gasteiger partial charge in [0.25, 0.3) is 0 Å². The molecule has 0 spiro atoms. The van der Waals surface area contributed by atoms with Crippen LogP contribution in [0.2, 0.25) is 5.02 Å². The van der Waals surface area contributed by atoms with Gasteiger partial charge in [0.1, 0.15) is 6.04 Å². The fourth-order valence-electron chi connectivity index (χ4n) is 3.85. The Morgan fingerprint density at radius 1 is 0.912 bits per heavy atom. The molecule has 0 heterocycles. The first-order valence-electron chi connectivity index (χ1n) is 11.8. The van der Waals surface area contributed by atoms with Gasteiger partial charge in [0.15, 0.2) is 0 Å². The SMILES string of the molecule is CC[C@H](C)NC(=O)[C@H](Cc1ccccc1)N(Cc1ccc(Cl)cc1)C(=O)Cc1ccccc1C. The number of nitrogens with zero attached hydrogens (tertiary/aromatic N) is 1. The van der Waals surface area contributed by atoms with Gasteiger partial charge < -0.3 is 10.2 Å². The van der Waals surface area contributed by atoms with E-state index in [0.717, 1.165) is 28.7 Å². The molecular weight excluding hydrogens is 444 g/mol. The van der Waals surface area contributed by atoms with E-state index in [-0.39, 0.29) is 24.3 Å². The van der Waals surface area contributed by atoms with E-state index in [4.69, 9.17) is 11.6 Å². The summed E-state index contributed by atoms with van der Waals surface area (Å²) in [5.74, 6) is -0.213. The Hall–Kier alpha value is -3.11. The monoisotopic (exact) mass is 476 g/mol. The quantitative estimate of drug-likeness (QED) is 0.405. The van der Waals surface area contributed by atoms with Gasteiger partial charge in [-0.3, -0.25) is 9.59 Å². The summed E-state index contributed by atoms with van der Waals surface area (Å²) < 4.78 is 0. The topological polar surface area (TPSA) is 49.4 Å². The lowest BCUT2D eigenvalue weighted by atomic mass is 10.00. The average molecular weight is 477 g/mol. The van der Waals surface area contributed by atoms with Crippen molar-refractivity contribution in [3.05, 3.63) is 106 Å². The van der Waals surface area contributed by atoms with Crippen LogP contribution in [0.5, 0.6) is 0 Å². The Labute approximate surface area is 207 Å². The zero-order valence-electron chi connectivity index (χ0n) is 20.1. The molecule has 0 radical (unpaired) electrons. The van der Waals surface area contributed by atoms with Crippen molar-refractivity contribution in [1.29, 1.82) is 0 Å². The molecule has 5 heteroatoms. The molecule has 0 aliphatic heterocycles. The van der Waals surface area contributed by atoms with Crippen LogP contribution in [0.15, 0.2) is 78.9 Å². The highest BCUT2D eigenvalue weighted by Crippen LogP contribution is 2.19. The van der Waals surface area contributed by atoms with Gasteiger partial charge in [0.2, 0.25) is 11.8 Å². The summed E-state index contributed by atoms with van der Waals surface area (Å²) >= 11 is 6.08. The van der Waals surface area contributed by atoms with Crippen LogP contribution in [0.1, 0.15) is 42.5 Å². The molecule has 0 aliphatic rings. The van der Waals surface area contributed by atoms with Crippen molar-refractivity contribution in [2.45, 2.75) is 58.7 Å². The van der Waals surface area contributed by atoms with Crippen molar-refractivity contribution in [1.82, 2.24) is 10.2 Å². The van der Waals surface area contributed by atoms with Gasteiger partial charge in [0.05, 0.1) is 6.42 Å². The Morgan fingerprint density at radius 3 is 2.21 bits per heavy atom. The predicted molar refractivity (Wildman–Crippen MR) is 139 cm³/mol. The Kier molecular flexibility index (Phi) is 9.29. The van der Waals surface area contributed by atoms with E-state index in [1.165, 1.54) is 0 Å². The summed E-state index contributed by atoms with van der Waals surface area (Å²) in [6.45, 7) is 6.35. The lowest BCUT2D eigenvalue weighted by Crippen LogP contribution is -2.52. The maximum atomic E-state index is 13.7. The van der Waals surface area contributed by atoms with Gasteiger partial charge in [-0.25, -0.2) is 0 Å². The van der Waals surface area contributed by atoms with Crippen LogP contribution < -0.4 is 5.32 Å². The fraction of sp³-hybridized carbons (Fsp3) is 0.310. The zero-order valence-corrected chi connectivity index (χ0v) is 20.9. The molecule has 0 aliphatic carbocycles. The predicted octanol–water partition coefficient (Wildman–Crippen LogP) is 5.75. The molecule has 0 bridgehead atoms. The van der Waals surface area contributed by atoms with E-state index in [0.29, 0.717) is 18.0 Å². The standard InChI is InChI=1S/C29H33ClN2O2/c1-4-22(3)31-29(34)27(18-23-11-6-5-7-12-23)32(20-24-14-16-26(30)17-15-24)28(33)19-25-13-9-8-10-21(25)2/h5-17,22,27H,4,18-20H2,1-3H3,(H,31,34)/t22-,27-/m0/s1. The van der Waals surface area contributed by atoms with Gasteiger partial charge in [-0.1, -0.05) is 85.3 Å². The molecule has 0 saturated heterocycles. The smallest absolute Gasteiger partial charge is 0.243 e. The van der Waals surface area contributed by atoms with Crippen LogP contribution in [0.25, 0.3) is 0 Å². The molecular formula is C29H33ClN2O2. The van der Waals surface area contributed by atoms with E-state index in [1.54, 1.807) is 4.90 Å². The van der Waals surface area contributed by atoms with Gasteiger partial charge in [-0.05, 0) is 54.7 Å². The molecule has 2 amide bonds. The number of halogens is 1. The van der Waals surface area contributed by atoms with Crippen LogP contribution >= 0.6 is 11.6 Å². The van der Waals surface area contributed by atoms with Gasteiger partial charge in [-0.2, -0.15) is 0 Å². The second-order valence-electron chi connectivity index (χ2n) is 8.77. The van der Waals surface area contributed by atoms with Crippen LogP contribution in [0.4, 0.5) is 0 Å². The summed E-state index contributed by atoms with van der Waals surface area (Å²) in [5.41, 5.74) is 3.97. The van der Waals surface area contributed by atoms with Crippen molar-refractivity contribution in [3.8, 4) is 0 Å². The number of hydrogen-bond acceptors (Lipinski definition) is 2. The minimum atomic E-state index is -0.636. The highest BCUT2D eigenvalue weighted by molar-refractivity contribution is 6.30. The molecule has 0 aromatic heterocycles. The Balaban J connectivity index is 1.97. The second kappa shape index (κ2) is 12.4. The molecule has 3 aromatic carbocycles. The van der Waals surface area contributed by atoms with Gasteiger partial charge in [0, 0.05) is 24.0 Å². The van der Waals surface area contributed by atoms with E-state index in [9.17, 15) is 9.59 Å². The molecule has 0 unspecified atom stereocenters. The van der Waals surface area contributed by atoms with Crippen molar-refractivity contribution in [2.75, 3.05) is 0 Å². The maximum Gasteiger partial charge on any atom is 0.243 e. The molecule has 34 heavy (non-hydrogen) atoms. The van der Waals surface area contributed by atoms with Crippen LogP contribution in [-0.4, -0.2) is 28.8 Å². The molecule has 3 rings (SSSR count). The normalized spacial score (nSPS) is 12.6. The highest BCUT2D eigenvalue weighted by Gasteiger charge is 2.31. The minimum absolute atomic E-state index is 0.0228. The van der Waals surface area contributed by atoms with E-state index >= 15 is 0 Å². The van der Waals surface area contributed by atoms with Crippen LogP contribution in [-0.2, 0) is 29.0 Å². The third kappa shape index (κ3) is 7.19. The van der Waals surface area contributed by atoms with E-state index in [1.807, 2.05) is 99.6 Å². The number of carbonyl (C=O) groups is 2. The summed E-state index contributed by atoms with van der Waals surface area (Å²) in [7, 11) is 0. The number of amides is 2. The minimum Gasteiger partial charge on any atom is -0.352 e. The molecule has 4 nitrogen and oxygen atoms in total. The Morgan fingerprint density at radius 2 is 1.56 bits per heavy atom. The zero-order chi connectivity index (χ0) is 24.5. The number of rotatable bonds is 10. The summed E-state index contributed by atoms with van der Waals surface area (Å²) in [4.78, 5) is 29.0. The first-order valence-corrected chi connectivity index (χ1v) is 12.2. The maximum absolute atomic E-state index is 13.7. The van der Waals surface area contributed by atoms with Crippen LogP contribution in [0, 0.1) is 6.92 Å². The summed E-state index contributed by atoms with van der Waals surface area (Å²) in [6.07, 6.45) is 1.50. The lowest BCUT2D eigenvalue weighted by Gasteiger charge is -2.32. The molecule has 1 N–H and O–H groups in total. The average Bonchev–Trinajstić information content (AvgIpc) is 2.84. The largest absolute Gasteiger partial charge is 0.352 e. The van der Waals surface area contributed by atoms with Gasteiger partial charge >= 0.3 is 0 Å². The van der Waals surface area contributed by atoms with Gasteiger partial charge in [-0.15, -0.1) is 0 Å². The van der Waals surface area contributed by atoms with Crippen molar-refractivity contribution in [3.63, 3.8) is 0 Å². The van der Waals surface area contributed by atoms with Crippen molar-refractivity contribution < 1.29 is 9.59 Å². The van der Waals surface area contributed by atoms with E-state index in [2.05, 4.69) is 5.32 Å². The second-order valence-corrected chi connectivity index (χ2v) is 9.21. The van der Waals surface area contributed by atoms with Crippen LogP contribution in [0.3, 0.4) is 0 Å². The number of nitrogens with one attached hydrogen (secondary N) is 1. The molecule has 178 valence electrons. The molecule has 2 atom stereocenters. The number of benzene rings is 3. The highest BCUT2D eigenvalue weighted by atomic mass is 35.5. The summed E-state index contributed by atoms with van der Waals surface area (Å²) in [6, 6.07) is 24.6. The first-order chi connectivity index (χ1) is 16.4. The molecule has 0 saturated carbocycles. The first kappa shape index (κ1) is 25.5. The van der Waals surface area contributed by atoms with E-state index < -0.39 is 6.04 Å². The lowest BCUT2D eigenvalue weighted by molar-refractivity contribution is -0.141. The van der Waals surface area contributed by atoms with Crippen molar-refractivity contribution >= 4 is 23.4 Å². The number of carbonyl (C=O) groups excluding carboxylic acids is 2. The number of aryl methyl sites for hydroxylation is 1. The van der Waals surface area contributed by atoms with Crippen molar-refractivity contribution in [2.24, 2.45) is 0 Å². The molecule has 3 aromatic rings. The fourth-order valence-corrected chi connectivity index (χ4v) is 3.98. The molecule has 0 fully saturated rings.